The van der Waals surface area contributed by atoms with Crippen LogP contribution in [0.4, 0.5) is 0 Å². The fourth-order valence-electron chi connectivity index (χ4n) is 2.37. The Bertz CT molecular complexity index is 893. The highest BCUT2D eigenvalue weighted by Gasteiger charge is 2.11. The molecule has 2 heterocycles. The highest BCUT2D eigenvalue weighted by Crippen LogP contribution is 2.18. The smallest absolute Gasteiger partial charge is 0.261 e. The second-order valence-electron chi connectivity index (χ2n) is 5.23. The first-order valence-corrected chi connectivity index (χ1v) is 7.51. The summed E-state index contributed by atoms with van der Waals surface area (Å²) in [5.41, 5.74) is 5.91. The summed E-state index contributed by atoms with van der Waals surface area (Å²) >= 11 is 6.06. The predicted molar refractivity (Wildman–Crippen MR) is 90.7 cm³/mol. The summed E-state index contributed by atoms with van der Waals surface area (Å²) in [5, 5.41) is 9.85. The zero-order valence-corrected chi connectivity index (χ0v) is 13.6. The second-order valence-corrected chi connectivity index (χ2v) is 5.60. The third-order valence-corrected chi connectivity index (χ3v) is 4.15. The van der Waals surface area contributed by atoms with E-state index in [1.165, 1.54) is 0 Å². The summed E-state index contributed by atoms with van der Waals surface area (Å²) in [6, 6.07) is 7.89. The molecule has 1 aromatic carbocycles. The van der Waals surface area contributed by atoms with Crippen LogP contribution in [-0.2, 0) is 11.3 Å². The first-order chi connectivity index (χ1) is 11.1. The van der Waals surface area contributed by atoms with Gasteiger partial charge >= 0.3 is 0 Å². The highest BCUT2D eigenvalue weighted by atomic mass is 35.5. The topological polar surface area (TPSA) is 75.1 Å². The van der Waals surface area contributed by atoms with Gasteiger partial charge in [0.15, 0.2) is 0 Å². The summed E-state index contributed by atoms with van der Waals surface area (Å²) in [7, 11) is 0. The molecule has 3 rings (SSSR count). The van der Waals surface area contributed by atoms with Crippen LogP contribution in [0.1, 0.15) is 17.0 Å². The number of benzene rings is 1. The SMILES string of the molecule is Cc1nn(CC(=O)N/N=C\c2c[nH]c3ccccc23)c(C)c1Cl. The molecule has 0 aliphatic heterocycles. The molecular weight excluding hydrogens is 314 g/mol. The molecule has 118 valence electrons. The normalized spacial score (nSPS) is 11.4. The Balaban J connectivity index is 1.65. The Morgan fingerprint density at radius 1 is 1.43 bits per heavy atom. The monoisotopic (exact) mass is 329 g/mol. The number of para-hydroxylation sites is 1. The molecule has 0 fully saturated rings. The van der Waals surface area contributed by atoms with Crippen LogP contribution in [0.5, 0.6) is 0 Å². The molecule has 2 N–H and O–H groups in total. The van der Waals surface area contributed by atoms with E-state index in [0.717, 1.165) is 22.2 Å². The molecule has 0 aliphatic rings. The van der Waals surface area contributed by atoms with Crippen LogP contribution in [0, 0.1) is 13.8 Å². The number of hydrogen-bond donors (Lipinski definition) is 2. The van der Waals surface area contributed by atoms with Gasteiger partial charge in [-0.2, -0.15) is 10.2 Å². The molecular formula is C16H16ClN5O. The third-order valence-electron chi connectivity index (χ3n) is 3.60. The summed E-state index contributed by atoms with van der Waals surface area (Å²) in [4.78, 5) is 15.1. The first kappa shape index (κ1) is 15.3. The largest absolute Gasteiger partial charge is 0.361 e. The number of nitrogens with zero attached hydrogens (tertiary/aromatic N) is 3. The predicted octanol–water partition coefficient (Wildman–Crippen LogP) is 2.78. The number of aromatic nitrogens is 3. The van der Waals surface area contributed by atoms with Crippen molar-refractivity contribution in [2.75, 3.05) is 0 Å². The number of hydrogen-bond acceptors (Lipinski definition) is 3. The lowest BCUT2D eigenvalue weighted by Crippen LogP contribution is -2.24. The first-order valence-electron chi connectivity index (χ1n) is 7.14. The van der Waals surface area contributed by atoms with Gasteiger partial charge in [-0.3, -0.25) is 9.48 Å². The number of aromatic amines is 1. The van der Waals surface area contributed by atoms with Crippen molar-refractivity contribution in [3.05, 3.63) is 52.4 Å². The molecule has 6 nitrogen and oxygen atoms in total. The van der Waals surface area contributed by atoms with Gasteiger partial charge in [0.05, 0.1) is 22.6 Å². The molecule has 0 spiro atoms. The molecule has 0 aliphatic carbocycles. The standard InChI is InChI=1S/C16H16ClN5O/c1-10-16(17)11(2)22(21-10)9-15(23)20-19-8-12-7-18-14-6-4-3-5-13(12)14/h3-8,18H,9H2,1-2H3,(H,20,23)/b19-8-. The Morgan fingerprint density at radius 3 is 2.96 bits per heavy atom. The van der Waals surface area contributed by atoms with Gasteiger partial charge < -0.3 is 4.98 Å². The van der Waals surface area contributed by atoms with Crippen molar-refractivity contribution in [2.45, 2.75) is 20.4 Å². The van der Waals surface area contributed by atoms with E-state index in [9.17, 15) is 4.79 Å². The molecule has 0 saturated carbocycles. The van der Waals surface area contributed by atoms with E-state index >= 15 is 0 Å². The average Bonchev–Trinajstić information content (AvgIpc) is 3.05. The maximum Gasteiger partial charge on any atom is 0.261 e. The minimum Gasteiger partial charge on any atom is -0.361 e. The molecule has 7 heteroatoms. The van der Waals surface area contributed by atoms with Crippen molar-refractivity contribution in [1.82, 2.24) is 20.2 Å². The molecule has 0 unspecified atom stereocenters. The molecule has 0 bridgehead atoms. The Labute approximate surface area is 138 Å². The summed E-state index contributed by atoms with van der Waals surface area (Å²) in [6.07, 6.45) is 3.46. The quantitative estimate of drug-likeness (QED) is 0.570. The number of nitrogens with one attached hydrogen (secondary N) is 2. The third kappa shape index (κ3) is 3.12. The van der Waals surface area contributed by atoms with Crippen LogP contribution < -0.4 is 5.43 Å². The summed E-state index contributed by atoms with van der Waals surface area (Å²) in [6.45, 7) is 3.70. The molecule has 0 radical (unpaired) electrons. The van der Waals surface area contributed by atoms with Crippen molar-refractivity contribution in [2.24, 2.45) is 5.10 Å². The van der Waals surface area contributed by atoms with E-state index < -0.39 is 0 Å². The maximum atomic E-state index is 11.9. The fourth-order valence-corrected chi connectivity index (χ4v) is 2.51. The summed E-state index contributed by atoms with van der Waals surface area (Å²) in [5.74, 6) is -0.261. The Hall–Kier alpha value is -2.60. The fraction of sp³-hybridized carbons (Fsp3) is 0.188. The molecule has 1 amide bonds. The number of halogens is 1. The number of amides is 1. The van der Waals surface area contributed by atoms with Crippen LogP contribution in [0.25, 0.3) is 10.9 Å². The minimum absolute atomic E-state index is 0.0740. The number of rotatable bonds is 4. The Kier molecular flexibility index (Phi) is 4.16. The van der Waals surface area contributed by atoms with Gasteiger partial charge in [-0.25, -0.2) is 5.43 Å². The zero-order chi connectivity index (χ0) is 16.4. The maximum absolute atomic E-state index is 11.9. The molecule has 3 aromatic rings. The van der Waals surface area contributed by atoms with Crippen molar-refractivity contribution in [1.29, 1.82) is 0 Å². The van der Waals surface area contributed by atoms with Crippen LogP contribution in [0.3, 0.4) is 0 Å². The molecule has 2 aromatic heterocycles. The lowest BCUT2D eigenvalue weighted by atomic mass is 10.2. The van der Waals surface area contributed by atoms with Crippen molar-refractivity contribution >= 4 is 34.6 Å². The van der Waals surface area contributed by atoms with E-state index in [0.29, 0.717) is 10.7 Å². The van der Waals surface area contributed by atoms with Gasteiger partial charge in [-0.1, -0.05) is 29.8 Å². The lowest BCUT2D eigenvalue weighted by Gasteiger charge is -2.02. The van der Waals surface area contributed by atoms with Crippen LogP contribution in [0.15, 0.2) is 35.6 Å². The van der Waals surface area contributed by atoms with E-state index in [1.807, 2.05) is 37.4 Å². The molecule has 0 atom stereocenters. The lowest BCUT2D eigenvalue weighted by molar-refractivity contribution is -0.121. The van der Waals surface area contributed by atoms with Gasteiger partial charge in [0.25, 0.3) is 5.91 Å². The number of carbonyl (C=O) groups excluding carboxylic acids is 1. The molecule has 23 heavy (non-hydrogen) atoms. The highest BCUT2D eigenvalue weighted by molar-refractivity contribution is 6.31. The number of hydrazone groups is 1. The van der Waals surface area contributed by atoms with E-state index in [1.54, 1.807) is 17.8 Å². The number of aryl methyl sites for hydroxylation is 1. The minimum atomic E-state index is -0.261. The number of fused-ring (bicyclic) bond motifs is 1. The Morgan fingerprint density at radius 2 is 2.22 bits per heavy atom. The van der Waals surface area contributed by atoms with Gasteiger partial charge in [0, 0.05) is 22.7 Å². The van der Waals surface area contributed by atoms with Crippen LogP contribution in [-0.4, -0.2) is 26.9 Å². The van der Waals surface area contributed by atoms with E-state index in [4.69, 9.17) is 11.6 Å². The second kappa shape index (κ2) is 6.26. The number of carbonyl (C=O) groups is 1. The van der Waals surface area contributed by atoms with Crippen LogP contribution >= 0.6 is 11.6 Å². The van der Waals surface area contributed by atoms with Crippen molar-refractivity contribution < 1.29 is 4.79 Å². The van der Waals surface area contributed by atoms with Gasteiger partial charge in [-0.15, -0.1) is 0 Å². The van der Waals surface area contributed by atoms with Gasteiger partial charge in [-0.05, 0) is 19.9 Å². The zero-order valence-electron chi connectivity index (χ0n) is 12.8. The average molecular weight is 330 g/mol. The van der Waals surface area contributed by atoms with E-state index in [-0.39, 0.29) is 12.5 Å². The summed E-state index contributed by atoms with van der Waals surface area (Å²) < 4.78 is 1.56. The number of H-pyrrole nitrogens is 1. The van der Waals surface area contributed by atoms with Gasteiger partial charge in [0.1, 0.15) is 6.54 Å². The van der Waals surface area contributed by atoms with Crippen molar-refractivity contribution in [3.8, 4) is 0 Å². The van der Waals surface area contributed by atoms with Crippen LogP contribution in [0.2, 0.25) is 5.02 Å². The molecule has 0 saturated heterocycles. The van der Waals surface area contributed by atoms with Crippen molar-refractivity contribution in [3.63, 3.8) is 0 Å². The van der Waals surface area contributed by atoms with E-state index in [2.05, 4.69) is 20.6 Å². The van der Waals surface area contributed by atoms with Gasteiger partial charge in [0.2, 0.25) is 0 Å².